The third-order valence-electron chi connectivity index (χ3n) is 4.52. The molecule has 1 heterocycles. The van der Waals surface area contributed by atoms with E-state index >= 15 is 0 Å². The van der Waals surface area contributed by atoms with Crippen LogP contribution in [0.25, 0.3) is 4.85 Å². The zero-order chi connectivity index (χ0) is 15.1. The van der Waals surface area contributed by atoms with Gasteiger partial charge >= 0.3 is 6.03 Å². The number of fused-ring (bicyclic) bond motifs is 1. The number of nitrogens with zero attached hydrogens (tertiary/aromatic N) is 3. The van der Waals surface area contributed by atoms with Crippen molar-refractivity contribution in [1.82, 2.24) is 4.90 Å². The molecule has 1 saturated heterocycles. The van der Waals surface area contributed by atoms with Crippen LogP contribution < -0.4 is 4.90 Å². The molecular formula is C16H17N3O2. The number of hydrogen-bond acceptors (Lipinski definition) is 2. The fourth-order valence-electron chi connectivity index (χ4n) is 3.34. The number of likely N-dealkylation sites (N-methyl/N-ethyl adjacent to an activating group) is 1. The van der Waals surface area contributed by atoms with Crippen LogP contribution >= 0.6 is 0 Å². The second-order valence-corrected chi connectivity index (χ2v) is 5.76. The second-order valence-electron chi connectivity index (χ2n) is 5.76. The molecule has 3 rings (SSSR count). The van der Waals surface area contributed by atoms with E-state index in [1.54, 1.807) is 22.9 Å². The highest BCUT2D eigenvalue weighted by molar-refractivity contribution is 5.97. The molecule has 1 aliphatic heterocycles. The number of anilines is 1. The Morgan fingerprint density at radius 1 is 1.29 bits per heavy atom. The Balaban J connectivity index is 1.98. The van der Waals surface area contributed by atoms with Gasteiger partial charge in [0.1, 0.15) is 5.78 Å². The summed E-state index contributed by atoms with van der Waals surface area (Å²) in [7, 11) is 1.76. The summed E-state index contributed by atoms with van der Waals surface area (Å²) in [6.07, 6.45) is 1.70. The molecule has 2 amide bonds. The molecule has 0 N–H and O–H groups in total. The Kier molecular flexibility index (Phi) is 3.17. The Hall–Kier alpha value is -2.35. The Bertz CT molecular complexity index is 662. The normalized spacial score (nSPS) is 25.0. The van der Waals surface area contributed by atoms with Gasteiger partial charge in [0.15, 0.2) is 5.69 Å². The first kappa shape index (κ1) is 13.6. The number of rotatable bonds is 1. The van der Waals surface area contributed by atoms with Crippen LogP contribution in [0.1, 0.15) is 24.8 Å². The van der Waals surface area contributed by atoms with Crippen LogP contribution in [0.4, 0.5) is 16.2 Å². The van der Waals surface area contributed by atoms with Crippen molar-refractivity contribution in [1.29, 1.82) is 0 Å². The molecule has 108 valence electrons. The molecule has 1 aliphatic carbocycles. The van der Waals surface area contributed by atoms with Crippen molar-refractivity contribution in [2.24, 2.45) is 0 Å². The third kappa shape index (κ3) is 2.07. The van der Waals surface area contributed by atoms with E-state index in [4.69, 9.17) is 6.57 Å². The van der Waals surface area contributed by atoms with Crippen LogP contribution in [0.3, 0.4) is 0 Å². The SMILES string of the molecule is [C-]#[N+]c1ccc(N2C(=O)N(C)C3CC(=O)CCC32)cc1C. The largest absolute Gasteiger partial charge is 0.324 e. The molecule has 2 unspecified atom stereocenters. The lowest BCUT2D eigenvalue weighted by Gasteiger charge is -2.30. The minimum atomic E-state index is -0.0605. The molecule has 5 heteroatoms. The van der Waals surface area contributed by atoms with E-state index in [2.05, 4.69) is 4.85 Å². The molecule has 0 bridgehead atoms. The number of hydrogen-bond donors (Lipinski definition) is 0. The molecule has 2 aliphatic rings. The van der Waals surface area contributed by atoms with E-state index in [-0.39, 0.29) is 23.9 Å². The van der Waals surface area contributed by atoms with Crippen molar-refractivity contribution < 1.29 is 9.59 Å². The lowest BCUT2D eigenvalue weighted by Crippen LogP contribution is -2.42. The van der Waals surface area contributed by atoms with Crippen molar-refractivity contribution in [3.05, 3.63) is 35.2 Å². The number of Topliss-reactive ketones (excluding diaryl/α,β-unsaturated/α-hetero) is 1. The lowest BCUT2D eigenvalue weighted by atomic mass is 9.89. The number of amides is 2. The van der Waals surface area contributed by atoms with E-state index < -0.39 is 0 Å². The average Bonchev–Trinajstić information content (AvgIpc) is 2.71. The minimum absolute atomic E-state index is 0.0282. The highest BCUT2D eigenvalue weighted by Gasteiger charge is 2.47. The zero-order valence-electron chi connectivity index (χ0n) is 12.2. The molecule has 2 atom stereocenters. The van der Waals surface area contributed by atoms with Gasteiger partial charge in [-0.05, 0) is 31.0 Å². The molecule has 1 aromatic carbocycles. The first-order valence-electron chi connectivity index (χ1n) is 7.08. The number of carbonyl (C=O) groups is 2. The van der Waals surface area contributed by atoms with Crippen molar-refractivity contribution in [3.63, 3.8) is 0 Å². The van der Waals surface area contributed by atoms with E-state index in [0.29, 0.717) is 24.9 Å². The van der Waals surface area contributed by atoms with Crippen molar-refractivity contribution >= 4 is 23.2 Å². The van der Waals surface area contributed by atoms with Gasteiger partial charge in [-0.2, -0.15) is 0 Å². The summed E-state index contributed by atoms with van der Waals surface area (Å²) >= 11 is 0. The zero-order valence-corrected chi connectivity index (χ0v) is 12.2. The Labute approximate surface area is 124 Å². The van der Waals surface area contributed by atoms with Gasteiger partial charge in [-0.3, -0.25) is 9.69 Å². The highest BCUT2D eigenvalue weighted by Crippen LogP contribution is 2.36. The van der Waals surface area contributed by atoms with Gasteiger partial charge in [-0.25, -0.2) is 9.64 Å². The number of ketones is 1. The first-order chi connectivity index (χ1) is 10.0. The van der Waals surface area contributed by atoms with Gasteiger partial charge in [-0.15, -0.1) is 0 Å². The van der Waals surface area contributed by atoms with E-state index in [0.717, 1.165) is 11.3 Å². The number of carbonyl (C=O) groups excluding carboxylic acids is 2. The van der Waals surface area contributed by atoms with Gasteiger partial charge in [0.05, 0.1) is 18.7 Å². The first-order valence-corrected chi connectivity index (χ1v) is 7.08. The van der Waals surface area contributed by atoms with Crippen molar-refractivity contribution in [3.8, 4) is 0 Å². The standard InChI is InChI=1S/C16H17N3O2/c1-10-8-11(4-6-13(10)17-2)19-14-7-5-12(20)9-15(14)18(3)16(19)21/h4,6,8,14-15H,5,7,9H2,1,3H3. The summed E-state index contributed by atoms with van der Waals surface area (Å²) < 4.78 is 0. The molecule has 0 radical (unpaired) electrons. The monoisotopic (exact) mass is 283 g/mol. The maximum absolute atomic E-state index is 12.5. The summed E-state index contributed by atoms with van der Waals surface area (Å²) in [5.74, 6) is 0.234. The maximum atomic E-state index is 12.5. The van der Waals surface area contributed by atoms with E-state index in [1.165, 1.54) is 0 Å². The quantitative estimate of drug-likeness (QED) is 0.744. The average molecular weight is 283 g/mol. The molecule has 5 nitrogen and oxygen atoms in total. The van der Waals surface area contributed by atoms with Gasteiger partial charge < -0.3 is 4.90 Å². The van der Waals surface area contributed by atoms with E-state index in [9.17, 15) is 9.59 Å². The summed E-state index contributed by atoms with van der Waals surface area (Å²) in [5.41, 5.74) is 2.29. The van der Waals surface area contributed by atoms with Crippen molar-refractivity contribution in [2.75, 3.05) is 11.9 Å². The maximum Gasteiger partial charge on any atom is 0.324 e. The molecule has 2 fully saturated rings. The highest BCUT2D eigenvalue weighted by atomic mass is 16.2. The van der Waals surface area contributed by atoms with Crippen LogP contribution in [0.2, 0.25) is 0 Å². The predicted octanol–water partition coefficient (Wildman–Crippen LogP) is 2.91. The van der Waals surface area contributed by atoms with E-state index in [1.807, 2.05) is 19.1 Å². The van der Waals surface area contributed by atoms with Crippen LogP contribution in [0.15, 0.2) is 18.2 Å². The molecule has 0 aromatic heterocycles. The minimum Gasteiger partial charge on any atom is -0.322 e. The fraction of sp³-hybridized carbons (Fsp3) is 0.438. The molecule has 1 aromatic rings. The number of benzene rings is 1. The topological polar surface area (TPSA) is 45.0 Å². The third-order valence-corrected chi connectivity index (χ3v) is 4.52. The van der Waals surface area contributed by atoms with Gasteiger partial charge in [0.2, 0.25) is 0 Å². The molecule has 21 heavy (non-hydrogen) atoms. The fourth-order valence-corrected chi connectivity index (χ4v) is 3.34. The summed E-state index contributed by atoms with van der Waals surface area (Å²) in [5, 5.41) is 0. The van der Waals surface area contributed by atoms with Crippen LogP contribution in [-0.2, 0) is 4.79 Å². The van der Waals surface area contributed by atoms with Crippen molar-refractivity contribution in [2.45, 2.75) is 38.3 Å². The van der Waals surface area contributed by atoms with Gasteiger partial charge in [0.25, 0.3) is 0 Å². The Morgan fingerprint density at radius 2 is 2.05 bits per heavy atom. The lowest BCUT2D eigenvalue weighted by molar-refractivity contribution is -0.121. The number of urea groups is 1. The van der Waals surface area contributed by atoms with Gasteiger partial charge in [-0.1, -0.05) is 6.07 Å². The molecular weight excluding hydrogens is 266 g/mol. The predicted molar refractivity (Wildman–Crippen MR) is 79.5 cm³/mol. The Morgan fingerprint density at radius 3 is 2.71 bits per heavy atom. The van der Waals surface area contributed by atoms with Crippen LogP contribution in [0, 0.1) is 13.5 Å². The molecule has 0 spiro atoms. The van der Waals surface area contributed by atoms with Crippen LogP contribution in [-0.4, -0.2) is 35.8 Å². The molecule has 1 saturated carbocycles. The smallest absolute Gasteiger partial charge is 0.322 e. The summed E-state index contributed by atoms with van der Waals surface area (Å²) in [4.78, 5) is 31.1. The summed E-state index contributed by atoms with van der Waals surface area (Å²) in [6.45, 7) is 8.98. The summed E-state index contributed by atoms with van der Waals surface area (Å²) in [6, 6.07) is 5.43. The van der Waals surface area contributed by atoms with Crippen LogP contribution in [0.5, 0.6) is 0 Å². The number of aryl methyl sites for hydroxylation is 1. The van der Waals surface area contributed by atoms with Gasteiger partial charge in [0, 0.05) is 25.6 Å². The second kappa shape index (κ2) is 4.88.